The highest BCUT2D eigenvalue weighted by Gasteiger charge is 2.39. The third kappa shape index (κ3) is 4.92. The SMILES string of the molecule is COCCOCC(=O)N1CC(C)(C)OC(C)(C)C1. The van der Waals surface area contributed by atoms with Crippen LogP contribution in [0.15, 0.2) is 0 Å². The van der Waals surface area contributed by atoms with E-state index in [9.17, 15) is 4.79 Å². The minimum absolute atomic E-state index is 0.00977. The van der Waals surface area contributed by atoms with E-state index in [1.807, 2.05) is 32.6 Å². The average Bonchev–Trinajstić information content (AvgIpc) is 2.19. The van der Waals surface area contributed by atoms with Gasteiger partial charge in [0.15, 0.2) is 0 Å². The largest absolute Gasteiger partial charge is 0.382 e. The summed E-state index contributed by atoms with van der Waals surface area (Å²) in [6.07, 6.45) is 0. The van der Waals surface area contributed by atoms with Crippen LogP contribution in [-0.2, 0) is 19.0 Å². The Hall–Kier alpha value is -0.650. The van der Waals surface area contributed by atoms with Gasteiger partial charge in [0.1, 0.15) is 6.61 Å². The molecule has 0 aromatic heterocycles. The fourth-order valence-electron chi connectivity index (χ4n) is 2.36. The second-order valence-electron chi connectivity index (χ2n) is 5.92. The molecule has 5 heteroatoms. The molecule has 18 heavy (non-hydrogen) atoms. The minimum Gasteiger partial charge on any atom is -0.382 e. The molecule has 0 bridgehead atoms. The molecule has 1 amide bonds. The van der Waals surface area contributed by atoms with Crippen molar-refractivity contribution in [2.75, 3.05) is 40.0 Å². The van der Waals surface area contributed by atoms with Crippen molar-refractivity contribution in [3.8, 4) is 0 Å². The number of carbonyl (C=O) groups is 1. The Morgan fingerprint density at radius 1 is 1.17 bits per heavy atom. The summed E-state index contributed by atoms with van der Waals surface area (Å²) in [5.41, 5.74) is -0.631. The molecular weight excluding hydrogens is 234 g/mol. The molecule has 1 heterocycles. The van der Waals surface area contributed by atoms with Crippen molar-refractivity contribution in [1.29, 1.82) is 0 Å². The number of hydrogen-bond acceptors (Lipinski definition) is 4. The van der Waals surface area contributed by atoms with Gasteiger partial charge in [0.25, 0.3) is 0 Å². The van der Waals surface area contributed by atoms with Gasteiger partial charge < -0.3 is 19.1 Å². The molecule has 0 saturated carbocycles. The maximum absolute atomic E-state index is 12.0. The van der Waals surface area contributed by atoms with Gasteiger partial charge >= 0.3 is 0 Å². The topological polar surface area (TPSA) is 48.0 Å². The van der Waals surface area contributed by atoms with Crippen LogP contribution < -0.4 is 0 Å². The molecule has 0 unspecified atom stereocenters. The maximum Gasteiger partial charge on any atom is 0.248 e. The Labute approximate surface area is 109 Å². The highest BCUT2D eigenvalue weighted by Crippen LogP contribution is 2.27. The van der Waals surface area contributed by atoms with Crippen molar-refractivity contribution in [2.24, 2.45) is 0 Å². The number of ether oxygens (including phenoxy) is 3. The number of carbonyl (C=O) groups excluding carboxylic acids is 1. The van der Waals surface area contributed by atoms with Crippen molar-refractivity contribution in [2.45, 2.75) is 38.9 Å². The predicted molar refractivity (Wildman–Crippen MR) is 68.5 cm³/mol. The molecule has 1 saturated heterocycles. The first-order valence-corrected chi connectivity index (χ1v) is 6.30. The van der Waals surface area contributed by atoms with Crippen LogP contribution in [0.5, 0.6) is 0 Å². The van der Waals surface area contributed by atoms with E-state index in [4.69, 9.17) is 14.2 Å². The second-order valence-corrected chi connectivity index (χ2v) is 5.92. The van der Waals surface area contributed by atoms with Crippen LogP contribution in [0.2, 0.25) is 0 Å². The highest BCUT2D eigenvalue weighted by atomic mass is 16.5. The van der Waals surface area contributed by atoms with Crippen molar-refractivity contribution in [3.05, 3.63) is 0 Å². The number of nitrogens with zero attached hydrogens (tertiary/aromatic N) is 1. The number of amides is 1. The Morgan fingerprint density at radius 3 is 2.22 bits per heavy atom. The first-order valence-electron chi connectivity index (χ1n) is 6.30. The first-order chi connectivity index (χ1) is 8.26. The van der Waals surface area contributed by atoms with Crippen LogP contribution in [0.3, 0.4) is 0 Å². The van der Waals surface area contributed by atoms with E-state index in [1.165, 1.54) is 0 Å². The van der Waals surface area contributed by atoms with Crippen LogP contribution in [0.25, 0.3) is 0 Å². The smallest absolute Gasteiger partial charge is 0.248 e. The van der Waals surface area contributed by atoms with Crippen molar-refractivity contribution >= 4 is 5.91 Å². The molecule has 5 nitrogen and oxygen atoms in total. The number of morpholine rings is 1. The Morgan fingerprint density at radius 2 is 1.72 bits per heavy atom. The van der Waals surface area contributed by atoms with Crippen molar-refractivity contribution in [3.63, 3.8) is 0 Å². The third-order valence-corrected chi connectivity index (χ3v) is 2.71. The molecule has 0 radical (unpaired) electrons. The lowest BCUT2D eigenvalue weighted by atomic mass is 9.99. The lowest BCUT2D eigenvalue weighted by molar-refractivity contribution is -0.190. The predicted octanol–water partition coefficient (Wildman–Crippen LogP) is 1.07. The molecule has 0 atom stereocenters. The standard InChI is InChI=1S/C13H25NO4/c1-12(2)9-14(10-13(3,4)18-12)11(15)8-17-7-6-16-5/h6-10H2,1-5H3. The van der Waals surface area contributed by atoms with Gasteiger partial charge in [-0.05, 0) is 27.7 Å². The van der Waals surface area contributed by atoms with Crippen LogP contribution in [0.1, 0.15) is 27.7 Å². The Balaban J connectivity index is 2.47. The summed E-state index contributed by atoms with van der Waals surface area (Å²) in [6, 6.07) is 0. The molecule has 1 fully saturated rings. The zero-order valence-corrected chi connectivity index (χ0v) is 12.1. The molecular formula is C13H25NO4. The van der Waals surface area contributed by atoms with Crippen LogP contribution in [-0.4, -0.2) is 62.0 Å². The molecule has 106 valence electrons. The van der Waals surface area contributed by atoms with Gasteiger partial charge in [0.2, 0.25) is 5.91 Å². The fourth-order valence-corrected chi connectivity index (χ4v) is 2.36. The molecule has 0 N–H and O–H groups in total. The van der Waals surface area contributed by atoms with Gasteiger partial charge in [-0.15, -0.1) is 0 Å². The second kappa shape index (κ2) is 5.99. The molecule has 1 aliphatic heterocycles. The summed E-state index contributed by atoms with van der Waals surface area (Å²) in [4.78, 5) is 13.9. The normalized spacial score (nSPS) is 21.9. The van der Waals surface area contributed by atoms with E-state index >= 15 is 0 Å². The lowest BCUT2D eigenvalue weighted by Crippen LogP contribution is -2.59. The minimum atomic E-state index is -0.316. The molecule has 1 aliphatic rings. The summed E-state index contributed by atoms with van der Waals surface area (Å²) < 4.78 is 16.1. The maximum atomic E-state index is 12.0. The molecule has 0 aromatic carbocycles. The van der Waals surface area contributed by atoms with Gasteiger partial charge in [-0.1, -0.05) is 0 Å². The van der Waals surface area contributed by atoms with Gasteiger partial charge in [-0.25, -0.2) is 0 Å². The summed E-state index contributed by atoms with van der Waals surface area (Å²) in [7, 11) is 1.61. The lowest BCUT2D eigenvalue weighted by Gasteiger charge is -2.47. The van der Waals surface area contributed by atoms with E-state index < -0.39 is 0 Å². The van der Waals surface area contributed by atoms with Gasteiger partial charge in [-0.3, -0.25) is 4.79 Å². The zero-order chi connectivity index (χ0) is 13.8. The van der Waals surface area contributed by atoms with Crippen LogP contribution >= 0.6 is 0 Å². The average molecular weight is 259 g/mol. The highest BCUT2D eigenvalue weighted by molar-refractivity contribution is 5.77. The molecule has 0 aliphatic carbocycles. The molecule has 1 rings (SSSR count). The number of methoxy groups -OCH3 is 1. The molecule has 0 aromatic rings. The van der Waals surface area contributed by atoms with Gasteiger partial charge in [0.05, 0.1) is 24.4 Å². The fraction of sp³-hybridized carbons (Fsp3) is 0.923. The summed E-state index contributed by atoms with van der Waals surface area (Å²) in [5.74, 6) is 0.00977. The van der Waals surface area contributed by atoms with Crippen molar-refractivity contribution < 1.29 is 19.0 Å². The third-order valence-electron chi connectivity index (χ3n) is 2.71. The number of rotatable bonds is 5. The van der Waals surface area contributed by atoms with Gasteiger partial charge in [-0.2, -0.15) is 0 Å². The van der Waals surface area contributed by atoms with Gasteiger partial charge in [0, 0.05) is 20.2 Å². The van der Waals surface area contributed by atoms with E-state index in [0.29, 0.717) is 26.3 Å². The summed E-state index contributed by atoms with van der Waals surface area (Å²) in [5, 5.41) is 0. The van der Waals surface area contributed by atoms with Crippen molar-refractivity contribution in [1.82, 2.24) is 4.90 Å². The number of hydrogen-bond donors (Lipinski definition) is 0. The van der Waals surface area contributed by atoms with Crippen LogP contribution in [0.4, 0.5) is 0 Å². The van der Waals surface area contributed by atoms with E-state index in [0.717, 1.165) is 0 Å². The monoisotopic (exact) mass is 259 g/mol. The summed E-state index contributed by atoms with van der Waals surface area (Å²) >= 11 is 0. The Kier molecular flexibility index (Phi) is 5.13. The van der Waals surface area contributed by atoms with E-state index in [1.54, 1.807) is 7.11 Å². The van der Waals surface area contributed by atoms with Crippen LogP contribution in [0, 0.1) is 0 Å². The quantitative estimate of drug-likeness (QED) is 0.693. The zero-order valence-electron chi connectivity index (χ0n) is 12.1. The Bertz CT molecular complexity index is 273. The summed E-state index contributed by atoms with van der Waals surface area (Å²) in [6.45, 7) is 10.3. The molecule has 0 spiro atoms. The van der Waals surface area contributed by atoms with E-state index in [-0.39, 0.29) is 23.7 Å². The van der Waals surface area contributed by atoms with E-state index in [2.05, 4.69) is 0 Å². The first kappa shape index (κ1) is 15.4.